The lowest BCUT2D eigenvalue weighted by atomic mass is 10.3. The molecule has 0 saturated heterocycles. The summed E-state index contributed by atoms with van der Waals surface area (Å²) in [5.74, 6) is 0.650. The van der Waals surface area contributed by atoms with Crippen LogP contribution in [0.4, 0.5) is 10.1 Å². The molecule has 2 aromatic carbocycles. The lowest BCUT2D eigenvalue weighted by molar-refractivity contribution is -0.387. The first kappa shape index (κ1) is 14.6. The van der Waals surface area contributed by atoms with Crippen molar-refractivity contribution in [3.8, 4) is 11.5 Å². The highest BCUT2D eigenvalue weighted by molar-refractivity contribution is 7.99. The summed E-state index contributed by atoms with van der Waals surface area (Å²) in [6, 6.07) is 8.88. The van der Waals surface area contributed by atoms with Gasteiger partial charge in [0, 0.05) is 11.3 Å². The third-order valence-corrected chi connectivity index (χ3v) is 4.12. The van der Waals surface area contributed by atoms with E-state index in [1.165, 1.54) is 23.9 Å². The minimum atomic E-state index is -0.630. The second-order valence-electron chi connectivity index (χ2n) is 4.63. The molecule has 1 aliphatic heterocycles. The van der Waals surface area contributed by atoms with Crippen LogP contribution in [0.15, 0.2) is 46.2 Å². The van der Waals surface area contributed by atoms with Crippen LogP contribution in [0.2, 0.25) is 0 Å². The molecule has 1 heterocycles. The predicted molar refractivity (Wildman–Crippen MR) is 79.2 cm³/mol. The fourth-order valence-electron chi connectivity index (χ4n) is 2.05. The lowest BCUT2D eigenvalue weighted by Crippen LogP contribution is -1.97. The fourth-order valence-corrected chi connectivity index (χ4v) is 2.98. The second-order valence-corrected chi connectivity index (χ2v) is 5.75. The number of nitrogens with zero attached hydrogens (tertiary/aromatic N) is 1. The average Bonchev–Trinajstić information content (AvgIpc) is 2.73. The first-order valence-electron chi connectivity index (χ1n) is 6.65. The largest absolute Gasteiger partial charge is 0.490 e. The number of nitro benzene ring substituents is 1. The maximum absolute atomic E-state index is 13.2. The first-order valence-corrected chi connectivity index (χ1v) is 7.46. The molecule has 0 spiro atoms. The Hall–Kier alpha value is -2.28. The topological polar surface area (TPSA) is 61.6 Å². The van der Waals surface area contributed by atoms with Gasteiger partial charge in [-0.05, 0) is 30.3 Å². The number of rotatable bonds is 3. The van der Waals surface area contributed by atoms with Gasteiger partial charge in [0.2, 0.25) is 0 Å². The van der Waals surface area contributed by atoms with Crippen LogP contribution in [0, 0.1) is 15.9 Å². The lowest BCUT2D eigenvalue weighted by Gasteiger charge is -2.09. The standard InChI is InChI=1S/C15H12FNO4S/c16-10-2-5-15(12(8-10)17(18)19)22-11-3-4-13-14(9-11)21-7-1-6-20-13/h2-5,8-9H,1,6-7H2. The Bertz CT molecular complexity index is 723. The van der Waals surface area contributed by atoms with Crippen LogP contribution in [0.1, 0.15) is 6.42 Å². The summed E-state index contributed by atoms with van der Waals surface area (Å²) < 4.78 is 24.3. The van der Waals surface area contributed by atoms with Crippen LogP contribution in [-0.2, 0) is 0 Å². The number of nitro groups is 1. The Morgan fingerprint density at radius 1 is 1.09 bits per heavy atom. The molecule has 1 aliphatic rings. The Kier molecular flexibility index (Phi) is 4.15. The maximum atomic E-state index is 13.2. The molecule has 0 amide bonds. The summed E-state index contributed by atoms with van der Waals surface area (Å²) in [5.41, 5.74) is -0.253. The smallest absolute Gasteiger partial charge is 0.286 e. The van der Waals surface area contributed by atoms with Gasteiger partial charge in [0.25, 0.3) is 5.69 Å². The quantitative estimate of drug-likeness (QED) is 0.630. The molecule has 0 unspecified atom stereocenters. The van der Waals surface area contributed by atoms with Crippen molar-refractivity contribution >= 4 is 17.4 Å². The van der Waals surface area contributed by atoms with E-state index in [1.807, 2.05) is 0 Å². The van der Waals surface area contributed by atoms with Crippen LogP contribution in [0.25, 0.3) is 0 Å². The average molecular weight is 321 g/mol. The Morgan fingerprint density at radius 2 is 1.86 bits per heavy atom. The van der Waals surface area contributed by atoms with Crippen molar-refractivity contribution in [3.05, 3.63) is 52.3 Å². The van der Waals surface area contributed by atoms with Gasteiger partial charge in [-0.3, -0.25) is 10.1 Å². The fraction of sp³-hybridized carbons (Fsp3) is 0.200. The molecule has 22 heavy (non-hydrogen) atoms. The molecule has 3 rings (SSSR count). The summed E-state index contributed by atoms with van der Waals surface area (Å²) in [4.78, 5) is 11.6. The van der Waals surface area contributed by atoms with E-state index in [-0.39, 0.29) is 5.69 Å². The van der Waals surface area contributed by atoms with E-state index < -0.39 is 10.7 Å². The molecular formula is C15H12FNO4S. The number of fused-ring (bicyclic) bond motifs is 1. The van der Waals surface area contributed by atoms with Gasteiger partial charge in [-0.1, -0.05) is 11.8 Å². The Labute approximate surface area is 130 Å². The van der Waals surface area contributed by atoms with E-state index in [1.54, 1.807) is 18.2 Å². The van der Waals surface area contributed by atoms with Gasteiger partial charge in [-0.15, -0.1) is 0 Å². The van der Waals surface area contributed by atoms with Gasteiger partial charge in [0.05, 0.1) is 29.1 Å². The zero-order chi connectivity index (χ0) is 15.5. The second kappa shape index (κ2) is 6.23. The van der Waals surface area contributed by atoms with E-state index in [2.05, 4.69) is 0 Å². The first-order chi connectivity index (χ1) is 10.6. The van der Waals surface area contributed by atoms with Gasteiger partial charge in [-0.2, -0.15) is 0 Å². The Balaban J connectivity index is 1.90. The van der Waals surface area contributed by atoms with E-state index in [4.69, 9.17) is 9.47 Å². The van der Waals surface area contributed by atoms with Crippen LogP contribution in [0.3, 0.4) is 0 Å². The van der Waals surface area contributed by atoms with Crippen LogP contribution >= 0.6 is 11.8 Å². The van der Waals surface area contributed by atoms with E-state index in [0.717, 1.165) is 17.4 Å². The molecule has 114 valence electrons. The van der Waals surface area contributed by atoms with Gasteiger partial charge in [0.15, 0.2) is 11.5 Å². The minimum absolute atomic E-state index is 0.253. The van der Waals surface area contributed by atoms with E-state index in [9.17, 15) is 14.5 Å². The Morgan fingerprint density at radius 3 is 2.64 bits per heavy atom. The minimum Gasteiger partial charge on any atom is -0.490 e. The SMILES string of the molecule is O=[N+]([O-])c1cc(F)ccc1Sc1ccc2c(c1)OCCCO2. The summed E-state index contributed by atoms with van der Waals surface area (Å²) in [5, 5.41) is 11.0. The number of ether oxygens (including phenoxy) is 2. The van der Waals surface area contributed by atoms with E-state index >= 15 is 0 Å². The summed E-state index contributed by atoms with van der Waals surface area (Å²) >= 11 is 1.19. The maximum Gasteiger partial charge on any atom is 0.286 e. The van der Waals surface area contributed by atoms with Crippen molar-refractivity contribution in [2.24, 2.45) is 0 Å². The summed E-state index contributed by atoms with van der Waals surface area (Å²) in [6.45, 7) is 1.17. The summed E-state index contributed by atoms with van der Waals surface area (Å²) in [7, 11) is 0. The van der Waals surface area contributed by atoms with Gasteiger partial charge in [-0.25, -0.2) is 4.39 Å². The molecule has 5 nitrogen and oxygen atoms in total. The molecule has 0 N–H and O–H groups in total. The molecule has 0 bridgehead atoms. The zero-order valence-electron chi connectivity index (χ0n) is 11.5. The molecule has 0 aromatic heterocycles. The van der Waals surface area contributed by atoms with Crippen molar-refractivity contribution in [3.63, 3.8) is 0 Å². The zero-order valence-corrected chi connectivity index (χ0v) is 12.3. The monoisotopic (exact) mass is 321 g/mol. The van der Waals surface area contributed by atoms with Crippen LogP contribution in [0.5, 0.6) is 11.5 Å². The van der Waals surface area contributed by atoms with Crippen molar-refractivity contribution in [2.45, 2.75) is 16.2 Å². The third kappa shape index (κ3) is 3.14. The number of benzene rings is 2. The van der Waals surface area contributed by atoms with Crippen molar-refractivity contribution in [2.75, 3.05) is 13.2 Å². The van der Waals surface area contributed by atoms with Crippen LogP contribution < -0.4 is 9.47 Å². The molecule has 0 radical (unpaired) electrons. The van der Waals surface area contributed by atoms with E-state index in [0.29, 0.717) is 29.6 Å². The normalized spacial score (nSPS) is 13.5. The molecule has 2 aromatic rings. The van der Waals surface area contributed by atoms with Crippen molar-refractivity contribution in [1.82, 2.24) is 0 Å². The van der Waals surface area contributed by atoms with Crippen molar-refractivity contribution in [1.29, 1.82) is 0 Å². The third-order valence-electron chi connectivity index (χ3n) is 3.06. The highest BCUT2D eigenvalue weighted by Crippen LogP contribution is 2.39. The molecule has 7 heteroatoms. The highest BCUT2D eigenvalue weighted by Gasteiger charge is 2.17. The molecule has 0 aliphatic carbocycles. The highest BCUT2D eigenvalue weighted by atomic mass is 32.2. The number of hydrogen-bond donors (Lipinski definition) is 0. The van der Waals surface area contributed by atoms with Gasteiger partial charge in [0.1, 0.15) is 5.82 Å². The molecule has 0 saturated carbocycles. The summed E-state index contributed by atoms with van der Waals surface area (Å²) in [6.07, 6.45) is 0.806. The van der Waals surface area contributed by atoms with Crippen molar-refractivity contribution < 1.29 is 18.8 Å². The molecule has 0 atom stereocenters. The number of halogens is 1. The van der Waals surface area contributed by atoms with Gasteiger partial charge < -0.3 is 9.47 Å². The number of hydrogen-bond acceptors (Lipinski definition) is 5. The van der Waals surface area contributed by atoms with Gasteiger partial charge >= 0.3 is 0 Å². The molecular weight excluding hydrogens is 309 g/mol. The van der Waals surface area contributed by atoms with Crippen LogP contribution in [-0.4, -0.2) is 18.1 Å². The predicted octanol–water partition coefficient (Wildman–Crippen LogP) is 4.05. The molecule has 0 fully saturated rings.